The summed E-state index contributed by atoms with van der Waals surface area (Å²) in [6.45, 7) is 5.27. The molecule has 154 valence electrons. The number of nitrogens with zero attached hydrogens (tertiary/aromatic N) is 3. The number of anilines is 1. The van der Waals surface area contributed by atoms with Crippen LogP contribution >= 0.6 is 11.8 Å². The van der Waals surface area contributed by atoms with Crippen LogP contribution in [0.5, 0.6) is 0 Å². The quantitative estimate of drug-likeness (QED) is 0.298. The van der Waals surface area contributed by atoms with Gasteiger partial charge < -0.3 is 19.6 Å². The minimum Gasteiger partial charge on any atom is -0.463 e. The van der Waals surface area contributed by atoms with E-state index in [4.69, 9.17) is 14.3 Å². The zero-order chi connectivity index (χ0) is 20.4. The van der Waals surface area contributed by atoms with Gasteiger partial charge in [-0.05, 0) is 39.0 Å². The summed E-state index contributed by atoms with van der Waals surface area (Å²) in [5.41, 5.74) is 0.705. The van der Waals surface area contributed by atoms with E-state index in [0.29, 0.717) is 36.2 Å². The van der Waals surface area contributed by atoms with Crippen molar-refractivity contribution in [3.63, 3.8) is 0 Å². The van der Waals surface area contributed by atoms with Crippen molar-refractivity contribution >= 4 is 35.8 Å². The molecular formula is C18H26N4O5S. The first-order valence-electron chi connectivity index (χ1n) is 9.17. The minimum atomic E-state index is -0.680. The van der Waals surface area contributed by atoms with Crippen LogP contribution in [0.1, 0.15) is 32.3 Å². The molecule has 0 radical (unpaired) electrons. The van der Waals surface area contributed by atoms with Crippen molar-refractivity contribution in [1.82, 2.24) is 15.0 Å². The van der Waals surface area contributed by atoms with Gasteiger partial charge in [0.2, 0.25) is 0 Å². The highest BCUT2D eigenvalue weighted by Gasteiger charge is 2.23. The zero-order valence-electron chi connectivity index (χ0n) is 16.3. The molecule has 9 nitrogen and oxygen atoms in total. The second kappa shape index (κ2) is 11.5. The van der Waals surface area contributed by atoms with Crippen molar-refractivity contribution in [2.24, 2.45) is 0 Å². The third-order valence-corrected chi connectivity index (χ3v) is 4.49. The van der Waals surface area contributed by atoms with Crippen LogP contribution in [0.25, 0.3) is 6.08 Å². The van der Waals surface area contributed by atoms with E-state index in [1.54, 1.807) is 31.2 Å². The average Bonchev–Trinajstić information content (AvgIpc) is 2.69. The average molecular weight is 410 g/mol. The summed E-state index contributed by atoms with van der Waals surface area (Å²) in [6, 6.07) is 0.154. The minimum absolute atomic E-state index is 0.154. The summed E-state index contributed by atoms with van der Waals surface area (Å²) in [4.78, 5) is 36.9. The van der Waals surface area contributed by atoms with Crippen LogP contribution in [-0.4, -0.2) is 65.8 Å². The molecule has 0 spiro atoms. The molecule has 0 aliphatic carbocycles. The highest BCUT2D eigenvalue weighted by molar-refractivity contribution is 7.98. The summed E-state index contributed by atoms with van der Waals surface area (Å²) < 4.78 is 9.70. The molecule has 10 heteroatoms. The van der Waals surface area contributed by atoms with E-state index < -0.39 is 12.1 Å². The number of hydrogen-bond acceptors (Lipinski definition) is 10. The van der Waals surface area contributed by atoms with Crippen molar-refractivity contribution in [3.05, 3.63) is 17.8 Å². The SMILES string of the molecule is CCOC(=O)C=Cc1cnc(SC)nc1NC1CCN(OC(=O)OCC)CC1. The molecule has 1 aliphatic rings. The monoisotopic (exact) mass is 410 g/mol. The van der Waals surface area contributed by atoms with Crippen LogP contribution in [0, 0.1) is 0 Å². The fraction of sp³-hybridized carbons (Fsp3) is 0.556. The van der Waals surface area contributed by atoms with Gasteiger partial charge in [0, 0.05) is 37.0 Å². The maximum atomic E-state index is 11.6. The normalized spacial score (nSPS) is 15.4. The van der Waals surface area contributed by atoms with Crippen LogP contribution in [0.2, 0.25) is 0 Å². The number of thioether (sulfide) groups is 1. The van der Waals surface area contributed by atoms with Gasteiger partial charge in [0.1, 0.15) is 5.82 Å². The Morgan fingerprint density at radius 3 is 2.64 bits per heavy atom. The molecule has 2 rings (SSSR count). The van der Waals surface area contributed by atoms with Crippen LogP contribution in [-0.2, 0) is 19.1 Å². The first kappa shape index (κ1) is 22.0. The predicted octanol–water partition coefficient (Wildman–Crippen LogP) is 2.74. The first-order valence-corrected chi connectivity index (χ1v) is 10.4. The number of esters is 1. The Morgan fingerprint density at radius 1 is 1.29 bits per heavy atom. The Labute approximate surface area is 168 Å². The van der Waals surface area contributed by atoms with Gasteiger partial charge in [0.05, 0.1) is 13.2 Å². The predicted molar refractivity (Wildman–Crippen MR) is 106 cm³/mol. The molecule has 1 fully saturated rings. The molecular weight excluding hydrogens is 384 g/mol. The molecule has 1 aromatic rings. The van der Waals surface area contributed by atoms with Crippen LogP contribution in [0.15, 0.2) is 17.4 Å². The molecule has 0 bridgehead atoms. The molecule has 0 unspecified atom stereocenters. The number of carbonyl (C=O) groups excluding carboxylic acids is 2. The number of hydroxylamine groups is 2. The van der Waals surface area contributed by atoms with Gasteiger partial charge in [-0.3, -0.25) is 0 Å². The number of hydrogen-bond donors (Lipinski definition) is 1. The molecule has 0 aromatic carbocycles. The fourth-order valence-corrected chi connectivity index (χ4v) is 2.93. The Bertz CT molecular complexity index is 693. The zero-order valence-corrected chi connectivity index (χ0v) is 17.2. The van der Waals surface area contributed by atoms with Crippen molar-refractivity contribution < 1.29 is 23.9 Å². The standard InChI is InChI=1S/C18H26N4O5S/c1-4-25-15(23)7-6-13-12-19-17(28-3)21-16(13)20-14-8-10-22(11-9-14)27-18(24)26-5-2/h6-7,12,14H,4-5,8-11H2,1-3H3,(H,19,20,21). The maximum Gasteiger partial charge on any atom is 0.527 e. The Balaban J connectivity index is 1.99. The summed E-state index contributed by atoms with van der Waals surface area (Å²) in [7, 11) is 0. The molecule has 0 amide bonds. The first-order chi connectivity index (χ1) is 13.5. The van der Waals surface area contributed by atoms with Gasteiger partial charge in [-0.1, -0.05) is 11.8 Å². The van der Waals surface area contributed by atoms with Gasteiger partial charge in [0.15, 0.2) is 5.16 Å². The summed E-state index contributed by atoms with van der Waals surface area (Å²) >= 11 is 1.44. The molecule has 1 aromatic heterocycles. The molecule has 0 saturated carbocycles. The topological polar surface area (TPSA) is 103 Å². The van der Waals surface area contributed by atoms with E-state index in [-0.39, 0.29) is 12.6 Å². The third-order valence-electron chi connectivity index (χ3n) is 3.92. The highest BCUT2D eigenvalue weighted by Crippen LogP contribution is 2.22. The Morgan fingerprint density at radius 2 is 2.00 bits per heavy atom. The van der Waals surface area contributed by atoms with Gasteiger partial charge in [-0.2, -0.15) is 0 Å². The molecule has 2 heterocycles. The molecule has 1 aliphatic heterocycles. The summed E-state index contributed by atoms with van der Waals surface area (Å²) in [5, 5.41) is 5.65. The van der Waals surface area contributed by atoms with E-state index in [0.717, 1.165) is 12.8 Å². The number of nitrogens with one attached hydrogen (secondary N) is 1. The van der Waals surface area contributed by atoms with Gasteiger partial charge in [-0.25, -0.2) is 19.6 Å². The lowest BCUT2D eigenvalue weighted by Gasteiger charge is -2.31. The van der Waals surface area contributed by atoms with Gasteiger partial charge >= 0.3 is 12.1 Å². The van der Waals surface area contributed by atoms with Crippen LogP contribution in [0.4, 0.5) is 10.6 Å². The van der Waals surface area contributed by atoms with Crippen molar-refractivity contribution in [3.8, 4) is 0 Å². The van der Waals surface area contributed by atoms with E-state index >= 15 is 0 Å². The summed E-state index contributed by atoms with van der Waals surface area (Å²) in [6.07, 6.45) is 7.43. The van der Waals surface area contributed by atoms with E-state index in [2.05, 4.69) is 15.3 Å². The van der Waals surface area contributed by atoms with Crippen molar-refractivity contribution in [2.75, 3.05) is 37.9 Å². The maximum absolute atomic E-state index is 11.6. The number of carbonyl (C=O) groups is 2. The summed E-state index contributed by atoms with van der Waals surface area (Å²) in [5.74, 6) is 0.247. The van der Waals surface area contributed by atoms with Crippen LogP contribution < -0.4 is 5.32 Å². The number of aromatic nitrogens is 2. The van der Waals surface area contributed by atoms with Crippen LogP contribution in [0.3, 0.4) is 0 Å². The molecule has 1 N–H and O–H groups in total. The van der Waals surface area contributed by atoms with Crippen molar-refractivity contribution in [2.45, 2.75) is 37.9 Å². The van der Waals surface area contributed by atoms with Crippen molar-refractivity contribution in [1.29, 1.82) is 0 Å². The van der Waals surface area contributed by atoms with Gasteiger partial charge in [-0.15, -0.1) is 5.06 Å². The highest BCUT2D eigenvalue weighted by atomic mass is 32.2. The third kappa shape index (κ3) is 7.01. The Hall–Kier alpha value is -2.33. The van der Waals surface area contributed by atoms with E-state index in [1.165, 1.54) is 17.8 Å². The Kier molecular flexibility index (Phi) is 9.02. The smallest absolute Gasteiger partial charge is 0.463 e. The lowest BCUT2D eigenvalue weighted by molar-refractivity contribution is -0.137. The lowest BCUT2D eigenvalue weighted by atomic mass is 10.1. The molecule has 1 saturated heterocycles. The number of piperidine rings is 1. The number of ether oxygens (including phenoxy) is 2. The molecule has 0 atom stereocenters. The molecule has 28 heavy (non-hydrogen) atoms. The van der Waals surface area contributed by atoms with E-state index in [9.17, 15) is 9.59 Å². The van der Waals surface area contributed by atoms with Gasteiger partial charge in [0.25, 0.3) is 0 Å². The second-order valence-corrected chi connectivity index (χ2v) is 6.64. The number of rotatable bonds is 8. The largest absolute Gasteiger partial charge is 0.527 e. The van der Waals surface area contributed by atoms with E-state index in [1.807, 2.05) is 6.26 Å². The lowest BCUT2D eigenvalue weighted by Crippen LogP contribution is -2.40. The second-order valence-electron chi connectivity index (χ2n) is 5.87. The fourth-order valence-electron chi connectivity index (χ4n) is 2.59.